The molecule has 3 aliphatic rings. The highest BCUT2D eigenvalue weighted by Gasteiger charge is 2.68. The van der Waals surface area contributed by atoms with E-state index in [2.05, 4.69) is 6.92 Å². The van der Waals surface area contributed by atoms with Crippen molar-refractivity contribution < 1.29 is 100 Å². The highest BCUT2D eigenvalue weighted by Crippen LogP contribution is 2.45. The molecule has 10 atom stereocenters. The first-order valence-corrected chi connectivity index (χ1v) is 27.9. The third-order valence-corrected chi connectivity index (χ3v) is 14.0. The molecule has 0 unspecified atom stereocenters. The van der Waals surface area contributed by atoms with Gasteiger partial charge in [-0.1, -0.05) is 115 Å². The molecule has 23 nitrogen and oxygen atoms in total. The summed E-state index contributed by atoms with van der Waals surface area (Å²) >= 11 is 0. The normalized spacial score (nSPS) is 24.6. The Kier molecular flexibility index (Phi) is 27.3. The van der Waals surface area contributed by atoms with Crippen LogP contribution >= 0.6 is 0 Å². The topological polar surface area (TPSA) is 279 Å². The molecule has 0 radical (unpaired) electrons. The van der Waals surface area contributed by atoms with Crippen molar-refractivity contribution >= 4 is 59.6 Å². The van der Waals surface area contributed by atoms with Crippen molar-refractivity contribution in [2.24, 2.45) is 5.41 Å². The molecule has 23 heteroatoms. The fourth-order valence-corrected chi connectivity index (χ4v) is 10.4. The largest absolute Gasteiger partial charge is 0.494 e. The van der Waals surface area contributed by atoms with Crippen molar-refractivity contribution in [2.45, 2.75) is 226 Å². The zero-order valence-corrected chi connectivity index (χ0v) is 48.2. The second-order valence-corrected chi connectivity index (χ2v) is 20.7. The maximum absolute atomic E-state index is 15.0. The fourth-order valence-electron chi connectivity index (χ4n) is 10.4. The third-order valence-electron chi connectivity index (χ3n) is 14.0. The summed E-state index contributed by atoms with van der Waals surface area (Å²) in [5.74, 6) is -8.35. The lowest BCUT2D eigenvalue weighted by Gasteiger charge is -2.53. The monoisotopic (exact) mass is 1130 g/mol. The van der Waals surface area contributed by atoms with Crippen molar-refractivity contribution in [1.29, 1.82) is 0 Å². The highest BCUT2D eigenvalue weighted by molar-refractivity contribution is 6.19. The van der Waals surface area contributed by atoms with E-state index >= 15 is 9.59 Å². The number of hydrogen-bond donors (Lipinski definition) is 0. The minimum atomic E-state index is -2.53. The number of benzene rings is 1. The van der Waals surface area contributed by atoms with Crippen LogP contribution in [-0.4, -0.2) is 165 Å². The Hall–Kier alpha value is -6.20. The number of amides is 4. The summed E-state index contributed by atoms with van der Waals surface area (Å²) in [5.41, 5.74) is -2.18. The van der Waals surface area contributed by atoms with Gasteiger partial charge in [0.05, 0.1) is 6.61 Å². The Morgan fingerprint density at radius 2 is 0.863 bits per heavy atom. The molecule has 3 saturated heterocycles. The van der Waals surface area contributed by atoms with E-state index < -0.39 is 146 Å². The Bertz CT molecular complexity index is 2230. The summed E-state index contributed by atoms with van der Waals surface area (Å²) in [4.78, 5) is 134. The molecule has 0 aromatic heterocycles. The van der Waals surface area contributed by atoms with Crippen molar-refractivity contribution in [3.8, 4) is 5.75 Å². The van der Waals surface area contributed by atoms with Gasteiger partial charge in [0.1, 0.15) is 43.4 Å². The average Bonchev–Trinajstić information content (AvgIpc) is 3.59. The van der Waals surface area contributed by atoms with Crippen molar-refractivity contribution in [3.63, 3.8) is 0 Å². The van der Waals surface area contributed by atoms with Crippen molar-refractivity contribution in [1.82, 2.24) is 9.80 Å². The second-order valence-electron chi connectivity index (χ2n) is 20.7. The van der Waals surface area contributed by atoms with Crippen LogP contribution in [0.2, 0.25) is 0 Å². The van der Waals surface area contributed by atoms with E-state index in [9.17, 15) is 38.4 Å². The van der Waals surface area contributed by atoms with Crippen LogP contribution in [0.4, 0.5) is 4.79 Å². The molecule has 4 amide bonds. The van der Waals surface area contributed by atoms with E-state index in [-0.39, 0.29) is 0 Å². The molecule has 448 valence electrons. The van der Waals surface area contributed by atoms with Gasteiger partial charge in [0.25, 0.3) is 0 Å². The van der Waals surface area contributed by atoms with E-state index in [1.165, 1.54) is 77.0 Å². The first-order chi connectivity index (χ1) is 38.0. The summed E-state index contributed by atoms with van der Waals surface area (Å²) in [6.07, 6.45) is 0.946. The molecule has 1 aromatic carbocycles. The number of hydrogen-bond acceptors (Lipinski definition) is 21. The zero-order chi connectivity index (χ0) is 59.1. The summed E-state index contributed by atoms with van der Waals surface area (Å²) in [6, 6.07) is 5.52. The summed E-state index contributed by atoms with van der Waals surface area (Å²) in [6.45, 7) is 8.35. The number of barbiturate groups is 1. The second kappa shape index (κ2) is 32.9. The van der Waals surface area contributed by atoms with Crippen LogP contribution in [0, 0.1) is 5.41 Å². The standard InChI is InChI=1S/C57H84N2O21/c1-11-12-13-14-15-16-17-18-19-20-21-22-23-24-25-26-31-70-43-29-27-42(28-30-43)32-57(54(67)58(9)56(69)59(10)55(57)68)52-50(76-40(7)65)48(74-38(5)63)47(44(78-52)33-71-35(2)60)80-53-51(77-41(8)66)49(75-39(6)64)46(73-37(4)62)45(79-53)34-72-36(3)61/h27-30,44-53H,11-26,31-34H2,1-10H3/t44-,45-,46+,47-,48+,49+,50-,51-,52-,53+/m1/s1. The average molecular weight is 1130 g/mol. The lowest BCUT2D eigenvalue weighted by atomic mass is 9.68. The fraction of sp³-hybridized carbons (Fsp3) is 0.719. The Morgan fingerprint density at radius 3 is 1.30 bits per heavy atom. The number of esters is 7. The van der Waals surface area contributed by atoms with Crippen LogP contribution in [0.15, 0.2) is 24.3 Å². The number of carbonyl (C=O) groups is 10. The van der Waals surface area contributed by atoms with Crippen LogP contribution in [0.1, 0.15) is 164 Å². The Morgan fingerprint density at radius 1 is 0.475 bits per heavy atom. The molecule has 0 spiro atoms. The number of unbranched alkanes of at least 4 members (excludes halogenated alkanes) is 15. The molecule has 0 aliphatic carbocycles. The van der Waals surface area contributed by atoms with Crippen LogP contribution in [0.5, 0.6) is 5.75 Å². The van der Waals surface area contributed by atoms with Crippen LogP contribution in [-0.2, 0) is 96.9 Å². The smallest absolute Gasteiger partial charge is 0.332 e. The molecule has 0 saturated carbocycles. The van der Waals surface area contributed by atoms with Crippen molar-refractivity contribution in [2.75, 3.05) is 33.9 Å². The molecule has 4 rings (SSSR count). The van der Waals surface area contributed by atoms with E-state index in [0.29, 0.717) is 27.7 Å². The molecule has 1 aromatic rings. The van der Waals surface area contributed by atoms with Crippen molar-refractivity contribution in [3.05, 3.63) is 29.8 Å². The van der Waals surface area contributed by atoms with Gasteiger partial charge in [-0.3, -0.25) is 53.0 Å². The lowest BCUT2D eigenvalue weighted by Crippen LogP contribution is -2.75. The van der Waals surface area contributed by atoms with E-state index in [1.54, 1.807) is 24.3 Å². The Balaban J connectivity index is 1.67. The van der Waals surface area contributed by atoms with Gasteiger partial charge in [-0.2, -0.15) is 0 Å². The SMILES string of the molecule is CCCCCCCCCCCCCCCCCCOc1ccc(CC2([C@@H]3O[C@H](COC(C)=O)[C@@H](O[C@@H]4O[C@H](COC(C)=O)[C@H](OC(C)=O)[C@H](OC(C)=O)[C@H]4OC(C)=O)[C@H](OC(C)=O)[C@H]3OC(C)=O)C(=O)N(C)C(=O)N(C)C2=O)cc1. The van der Waals surface area contributed by atoms with Gasteiger partial charge in [0.2, 0.25) is 11.8 Å². The number of rotatable bonds is 32. The predicted molar refractivity (Wildman–Crippen MR) is 282 cm³/mol. The predicted octanol–water partition coefficient (Wildman–Crippen LogP) is 6.57. The first-order valence-electron chi connectivity index (χ1n) is 27.9. The first kappa shape index (κ1) is 66.3. The van der Waals surface area contributed by atoms with E-state index in [1.807, 2.05) is 0 Å². The van der Waals surface area contributed by atoms with Gasteiger partial charge in [-0.25, -0.2) is 4.79 Å². The maximum Gasteiger partial charge on any atom is 0.332 e. The summed E-state index contributed by atoms with van der Waals surface area (Å²) in [7, 11) is 2.27. The molecule has 3 aliphatic heterocycles. The number of nitrogens with zero attached hydrogens (tertiary/aromatic N) is 2. The molecule has 0 N–H and O–H groups in total. The van der Waals surface area contributed by atoms with Gasteiger partial charge in [0, 0.05) is 62.6 Å². The zero-order valence-electron chi connectivity index (χ0n) is 48.2. The summed E-state index contributed by atoms with van der Waals surface area (Å²) < 4.78 is 64.5. The van der Waals surface area contributed by atoms with E-state index in [4.69, 9.17) is 52.1 Å². The van der Waals surface area contributed by atoms with Gasteiger partial charge in [-0.15, -0.1) is 0 Å². The highest BCUT2D eigenvalue weighted by atomic mass is 16.8. The molecular formula is C57H84N2O21. The van der Waals surface area contributed by atoms with E-state index in [0.717, 1.165) is 88.2 Å². The van der Waals surface area contributed by atoms with Gasteiger partial charge in [0.15, 0.2) is 42.2 Å². The number of ether oxygens (including phenoxy) is 11. The molecule has 80 heavy (non-hydrogen) atoms. The number of imide groups is 2. The summed E-state index contributed by atoms with van der Waals surface area (Å²) in [5, 5.41) is 0. The molecular weight excluding hydrogens is 1050 g/mol. The Labute approximate surface area is 468 Å². The lowest BCUT2D eigenvalue weighted by molar-refractivity contribution is -0.348. The molecule has 3 heterocycles. The van der Waals surface area contributed by atoms with Gasteiger partial charge in [-0.05, 0) is 30.5 Å². The third kappa shape index (κ3) is 19.5. The number of carbonyl (C=O) groups excluding carboxylic acids is 10. The maximum atomic E-state index is 15.0. The molecule has 0 bridgehead atoms. The number of urea groups is 1. The molecule has 3 fully saturated rings. The van der Waals surface area contributed by atoms with Crippen LogP contribution in [0.25, 0.3) is 0 Å². The quantitative estimate of drug-likeness (QED) is 0.0319. The van der Waals surface area contributed by atoms with Gasteiger partial charge < -0.3 is 52.1 Å². The van der Waals surface area contributed by atoms with Crippen LogP contribution < -0.4 is 4.74 Å². The minimum Gasteiger partial charge on any atom is -0.494 e. The van der Waals surface area contributed by atoms with Gasteiger partial charge >= 0.3 is 47.8 Å². The minimum absolute atomic E-state index is 0.347. The van der Waals surface area contributed by atoms with Crippen LogP contribution in [0.3, 0.4) is 0 Å².